The molecule has 2 aromatic carbocycles. The van der Waals surface area contributed by atoms with Crippen LogP contribution in [0.5, 0.6) is 0 Å². The lowest BCUT2D eigenvalue weighted by atomic mass is 10.0. The molecule has 5 heteroatoms. The molecule has 0 bridgehead atoms. The molecule has 2 aromatic rings. The van der Waals surface area contributed by atoms with Gasteiger partial charge in [-0.15, -0.1) is 0 Å². The quantitative estimate of drug-likeness (QED) is 0.631. The summed E-state index contributed by atoms with van der Waals surface area (Å²) in [5.41, 5.74) is 0.137. The van der Waals surface area contributed by atoms with Crippen LogP contribution in [0.4, 0.5) is 13.2 Å². The highest BCUT2D eigenvalue weighted by Crippen LogP contribution is 2.42. The van der Waals surface area contributed by atoms with E-state index in [9.17, 15) is 18.0 Å². The van der Waals surface area contributed by atoms with E-state index >= 15 is 0 Å². The smallest absolute Gasteiger partial charge is 0.356 e. The number of ether oxygens (including phenoxy) is 1. The molecular formula is C16H11F3O2. The highest BCUT2D eigenvalue weighted by molar-refractivity contribution is 6.01. The predicted molar refractivity (Wildman–Crippen MR) is 69.8 cm³/mol. The van der Waals surface area contributed by atoms with Crippen LogP contribution in [0.1, 0.15) is 27.6 Å². The molecule has 0 spiro atoms. The van der Waals surface area contributed by atoms with Crippen LogP contribution in [0.15, 0.2) is 54.6 Å². The summed E-state index contributed by atoms with van der Waals surface area (Å²) in [5.74, 6) is -0.210. The Hall–Kier alpha value is -2.14. The standard InChI is InChI=1S/C16H11F3O2/c17-16(18,19)12-8-4-7-11(9-12)14-15(21-14)13(20)10-5-2-1-3-6-10/h1-9,14-15H. The van der Waals surface area contributed by atoms with Crippen LogP contribution in [0.25, 0.3) is 0 Å². The van der Waals surface area contributed by atoms with E-state index in [0.717, 1.165) is 12.1 Å². The van der Waals surface area contributed by atoms with Gasteiger partial charge in [-0.25, -0.2) is 0 Å². The second-order valence-electron chi connectivity index (χ2n) is 4.83. The summed E-state index contributed by atoms with van der Waals surface area (Å²) in [6.45, 7) is 0. The van der Waals surface area contributed by atoms with E-state index in [1.54, 1.807) is 30.3 Å². The first kappa shape index (κ1) is 13.8. The van der Waals surface area contributed by atoms with E-state index in [2.05, 4.69) is 0 Å². The number of rotatable bonds is 3. The van der Waals surface area contributed by atoms with Crippen molar-refractivity contribution < 1.29 is 22.7 Å². The molecule has 0 aliphatic carbocycles. The van der Waals surface area contributed by atoms with E-state index in [1.165, 1.54) is 12.1 Å². The monoisotopic (exact) mass is 292 g/mol. The molecule has 108 valence electrons. The second-order valence-corrected chi connectivity index (χ2v) is 4.83. The summed E-state index contributed by atoms with van der Waals surface area (Å²) < 4.78 is 43.3. The maximum Gasteiger partial charge on any atom is 0.416 e. The van der Waals surface area contributed by atoms with Crippen molar-refractivity contribution in [2.45, 2.75) is 18.4 Å². The minimum Gasteiger partial charge on any atom is -0.356 e. The minimum atomic E-state index is -4.40. The maximum atomic E-state index is 12.7. The average Bonchev–Trinajstić information content (AvgIpc) is 3.27. The van der Waals surface area contributed by atoms with E-state index in [1.807, 2.05) is 0 Å². The highest BCUT2D eigenvalue weighted by Gasteiger charge is 2.46. The first-order valence-electron chi connectivity index (χ1n) is 6.39. The van der Waals surface area contributed by atoms with Crippen molar-refractivity contribution >= 4 is 5.78 Å². The first-order chi connectivity index (χ1) is 9.97. The van der Waals surface area contributed by atoms with Gasteiger partial charge in [-0.3, -0.25) is 4.79 Å². The lowest BCUT2D eigenvalue weighted by Crippen LogP contribution is -2.09. The van der Waals surface area contributed by atoms with Gasteiger partial charge in [-0.1, -0.05) is 42.5 Å². The summed E-state index contributed by atoms with van der Waals surface area (Å²) in [4.78, 5) is 12.1. The van der Waals surface area contributed by atoms with Gasteiger partial charge < -0.3 is 4.74 Å². The number of Topliss-reactive ketones (excluding diaryl/α,β-unsaturated/α-hetero) is 1. The third-order valence-electron chi connectivity index (χ3n) is 3.35. The van der Waals surface area contributed by atoms with Crippen molar-refractivity contribution in [1.29, 1.82) is 0 Å². The Labute approximate surface area is 119 Å². The molecule has 1 aliphatic rings. The third-order valence-corrected chi connectivity index (χ3v) is 3.35. The number of carbonyl (C=O) groups excluding carboxylic acids is 1. The lowest BCUT2D eigenvalue weighted by molar-refractivity contribution is -0.137. The molecule has 2 atom stereocenters. The van der Waals surface area contributed by atoms with Crippen molar-refractivity contribution in [3.8, 4) is 0 Å². The summed E-state index contributed by atoms with van der Waals surface area (Å²) in [7, 11) is 0. The normalized spacial score (nSPS) is 21.1. The minimum absolute atomic E-state index is 0.210. The Kier molecular flexibility index (Phi) is 3.29. The molecule has 0 saturated carbocycles. The van der Waals surface area contributed by atoms with Crippen molar-refractivity contribution in [2.75, 3.05) is 0 Å². The van der Waals surface area contributed by atoms with E-state index in [0.29, 0.717) is 11.1 Å². The largest absolute Gasteiger partial charge is 0.416 e. The molecule has 1 heterocycles. The molecular weight excluding hydrogens is 281 g/mol. The maximum absolute atomic E-state index is 12.7. The topological polar surface area (TPSA) is 29.6 Å². The number of carbonyl (C=O) groups is 1. The van der Waals surface area contributed by atoms with E-state index in [-0.39, 0.29) is 5.78 Å². The zero-order chi connectivity index (χ0) is 15.0. The van der Waals surface area contributed by atoms with Gasteiger partial charge in [0.25, 0.3) is 0 Å². The van der Waals surface area contributed by atoms with Crippen LogP contribution >= 0.6 is 0 Å². The number of ketones is 1. The number of epoxide rings is 1. The van der Waals surface area contributed by atoms with Gasteiger partial charge in [-0.2, -0.15) is 13.2 Å². The molecule has 0 amide bonds. The van der Waals surface area contributed by atoms with Crippen LogP contribution in [-0.4, -0.2) is 11.9 Å². The van der Waals surface area contributed by atoms with Gasteiger partial charge >= 0.3 is 6.18 Å². The summed E-state index contributed by atoms with van der Waals surface area (Å²) in [6, 6.07) is 13.5. The summed E-state index contributed by atoms with van der Waals surface area (Å²) in [6.07, 6.45) is -5.69. The van der Waals surface area contributed by atoms with Gasteiger partial charge in [0.05, 0.1) is 5.56 Å². The Morgan fingerprint density at radius 3 is 2.38 bits per heavy atom. The molecule has 3 rings (SSSR count). The van der Waals surface area contributed by atoms with Crippen molar-refractivity contribution in [1.82, 2.24) is 0 Å². The average molecular weight is 292 g/mol. The Morgan fingerprint density at radius 2 is 1.71 bits per heavy atom. The molecule has 0 aromatic heterocycles. The van der Waals surface area contributed by atoms with Gasteiger partial charge in [0.2, 0.25) is 0 Å². The van der Waals surface area contributed by atoms with Crippen LogP contribution in [0.2, 0.25) is 0 Å². The number of benzene rings is 2. The third kappa shape index (κ3) is 2.83. The summed E-state index contributed by atoms with van der Waals surface area (Å²) in [5, 5.41) is 0. The first-order valence-corrected chi connectivity index (χ1v) is 6.39. The van der Waals surface area contributed by atoms with Crippen LogP contribution in [-0.2, 0) is 10.9 Å². The summed E-state index contributed by atoms with van der Waals surface area (Å²) >= 11 is 0. The Morgan fingerprint density at radius 1 is 1.00 bits per heavy atom. The number of hydrogen-bond acceptors (Lipinski definition) is 2. The molecule has 21 heavy (non-hydrogen) atoms. The molecule has 2 unspecified atom stereocenters. The van der Waals surface area contributed by atoms with E-state index in [4.69, 9.17) is 4.74 Å². The SMILES string of the molecule is O=C(c1ccccc1)C1OC1c1cccc(C(F)(F)F)c1. The Bertz CT molecular complexity index is 665. The van der Waals surface area contributed by atoms with Crippen LogP contribution < -0.4 is 0 Å². The molecule has 1 aliphatic heterocycles. The lowest BCUT2D eigenvalue weighted by Gasteiger charge is -2.07. The number of halogens is 3. The number of alkyl halides is 3. The molecule has 0 N–H and O–H groups in total. The fraction of sp³-hybridized carbons (Fsp3) is 0.188. The zero-order valence-electron chi connectivity index (χ0n) is 10.8. The van der Waals surface area contributed by atoms with Gasteiger partial charge in [-0.05, 0) is 17.7 Å². The van der Waals surface area contributed by atoms with Crippen molar-refractivity contribution in [3.05, 3.63) is 71.3 Å². The fourth-order valence-electron chi connectivity index (χ4n) is 2.22. The van der Waals surface area contributed by atoms with Gasteiger partial charge in [0.15, 0.2) is 11.9 Å². The molecule has 0 radical (unpaired) electrons. The number of hydrogen-bond donors (Lipinski definition) is 0. The van der Waals surface area contributed by atoms with Gasteiger partial charge in [0.1, 0.15) is 6.10 Å². The molecule has 2 nitrogen and oxygen atoms in total. The fourth-order valence-corrected chi connectivity index (χ4v) is 2.22. The van der Waals surface area contributed by atoms with Crippen LogP contribution in [0.3, 0.4) is 0 Å². The zero-order valence-corrected chi connectivity index (χ0v) is 10.8. The van der Waals surface area contributed by atoms with Crippen molar-refractivity contribution in [2.24, 2.45) is 0 Å². The molecule has 1 fully saturated rings. The van der Waals surface area contributed by atoms with Crippen molar-refractivity contribution in [3.63, 3.8) is 0 Å². The second kappa shape index (κ2) is 5.00. The Balaban J connectivity index is 1.78. The highest BCUT2D eigenvalue weighted by atomic mass is 19.4. The predicted octanol–water partition coefficient (Wildman–Crippen LogP) is 4.03. The van der Waals surface area contributed by atoms with Crippen LogP contribution in [0, 0.1) is 0 Å². The van der Waals surface area contributed by atoms with Gasteiger partial charge in [0, 0.05) is 5.56 Å². The molecule has 1 saturated heterocycles. The van der Waals surface area contributed by atoms with E-state index < -0.39 is 23.9 Å².